The van der Waals surface area contributed by atoms with Gasteiger partial charge >= 0.3 is 0 Å². The van der Waals surface area contributed by atoms with Crippen molar-refractivity contribution in [2.45, 2.75) is 38.0 Å². The molecule has 6 aromatic carbocycles. The van der Waals surface area contributed by atoms with E-state index in [0.29, 0.717) is 40.6 Å². The van der Waals surface area contributed by atoms with E-state index in [9.17, 15) is 14.4 Å². The molecule has 0 spiro atoms. The first kappa shape index (κ1) is 43.6. The molecule has 2 atom stereocenters. The average Bonchev–Trinajstić information content (AvgIpc) is 3.36. The summed E-state index contributed by atoms with van der Waals surface area (Å²) in [7, 11) is 0. The monoisotopic (exact) mass is 855 g/mol. The van der Waals surface area contributed by atoms with Crippen molar-refractivity contribution in [3.8, 4) is 34.1 Å². The van der Waals surface area contributed by atoms with Crippen LogP contribution >= 0.6 is 0 Å². The summed E-state index contributed by atoms with van der Waals surface area (Å²) >= 11 is 0. The zero-order chi connectivity index (χ0) is 44.8. The fourth-order valence-electron chi connectivity index (χ4n) is 7.89. The maximum atomic E-state index is 11.3. The Morgan fingerprint density at radius 3 is 1.97 bits per heavy atom. The van der Waals surface area contributed by atoms with Gasteiger partial charge in [-0.1, -0.05) is 85.8 Å². The number of carbonyl (C=O) groups is 3. The van der Waals surface area contributed by atoms with Crippen molar-refractivity contribution in [3.63, 3.8) is 0 Å². The lowest BCUT2D eigenvalue weighted by molar-refractivity contribution is -0.104. The van der Waals surface area contributed by atoms with Crippen LogP contribution < -0.4 is 19.1 Å². The second-order valence-electron chi connectivity index (χ2n) is 15.7. The first-order valence-corrected chi connectivity index (χ1v) is 21.9. The van der Waals surface area contributed by atoms with Gasteiger partial charge in [0.15, 0.2) is 0 Å². The highest BCUT2D eigenvalue weighted by molar-refractivity contribution is 5.78. The quantitative estimate of drug-likeness (QED) is 0.0484. The molecule has 65 heavy (non-hydrogen) atoms. The molecule has 0 aliphatic heterocycles. The minimum atomic E-state index is 0.138. The second kappa shape index (κ2) is 21.4. The Balaban J connectivity index is 1.03. The standard InChI is InChI=1S/C58H49NO6/c1-2-7-42(39-60)8-6-35-63-56-12-3-9-48(36-56)45-19-25-51(26-20-45)59(52-27-21-46(22-28-52)49-10-4-13-57(37-49)64-54-31-15-43(40-61)16-32-54)53-29-23-47(24-30-53)50-11-5-14-58(38-50)65-55-33-17-44(41-62)18-34-55/h3-10,12-19,21-34,36-41,45,50H,2,11,20,35H2,1H3/b8-6-,42-7+/t45-,50?/m1/s1. The van der Waals surface area contributed by atoms with Gasteiger partial charge in [0.1, 0.15) is 54.2 Å². The van der Waals surface area contributed by atoms with E-state index < -0.39 is 0 Å². The first-order valence-electron chi connectivity index (χ1n) is 21.9. The molecule has 0 amide bonds. The molecule has 1 unspecified atom stereocenters. The van der Waals surface area contributed by atoms with Crippen LogP contribution in [0.2, 0.25) is 0 Å². The third kappa shape index (κ3) is 11.3. The minimum absolute atomic E-state index is 0.138. The number of allylic oxidation sites excluding steroid dienone is 9. The number of hydrogen-bond donors (Lipinski definition) is 0. The van der Waals surface area contributed by atoms with Gasteiger partial charge in [0, 0.05) is 45.6 Å². The summed E-state index contributed by atoms with van der Waals surface area (Å²) < 4.78 is 18.3. The minimum Gasteiger partial charge on any atom is -0.490 e. The van der Waals surface area contributed by atoms with Crippen molar-refractivity contribution < 1.29 is 28.6 Å². The Labute approximate surface area is 380 Å². The summed E-state index contributed by atoms with van der Waals surface area (Å²) in [5.41, 5.74) is 9.39. The van der Waals surface area contributed by atoms with Gasteiger partial charge in [-0.15, -0.1) is 0 Å². The molecule has 0 bridgehead atoms. The molecule has 7 nitrogen and oxygen atoms in total. The number of hydrogen-bond acceptors (Lipinski definition) is 7. The Bertz CT molecular complexity index is 2790. The number of carbonyl (C=O) groups excluding carboxylic acids is 3. The number of nitrogens with zero attached hydrogens (tertiary/aromatic N) is 1. The summed E-state index contributed by atoms with van der Waals surface area (Å²) in [5.74, 6) is 3.90. The molecule has 8 rings (SSSR count). The normalized spacial score (nSPS) is 15.7. The molecule has 0 saturated carbocycles. The van der Waals surface area contributed by atoms with E-state index in [-0.39, 0.29) is 11.8 Å². The van der Waals surface area contributed by atoms with Crippen LogP contribution in [0, 0.1) is 0 Å². The number of aldehydes is 3. The average molecular weight is 856 g/mol. The van der Waals surface area contributed by atoms with Crippen molar-refractivity contribution >= 4 is 30.2 Å². The van der Waals surface area contributed by atoms with E-state index in [4.69, 9.17) is 14.2 Å². The molecule has 0 radical (unpaired) electrons. The van der Waals surface area contributed by atoms with E-state index in [1.807, 2.05) is 67.6 Å². The van der Waals surface area contributed by atoms with Crippen LogP contribution in [0.1, 0.15) is 69.9 Å². The van der Waals surface area contributed by atoms with Gasteiger partial charge in [-0.05, 0) is 163 Å². The van der Waals surface area contributed by atoms with Crippen LogP contribution in [0.25, 0.3) is 11.1 Å². The van der Waals surface area contributed by atoms with E-state index in [1.54, 1.807) is 42.5 Å². The van der Waals surface area contributed by atoms with Gasteiger partial charge in [-0.25, -0.2) is 0 Å². The first-order chi connectivity index (χ1) is 32.0. The van der Waals surface area contributed by atoms with Crippen molar-refractivity contribution in [1.82, 2.24) is 0 Å². The number of benzene rings is 6. The van der Waals surface area contributed by atoms with Crippen LogP contribution in [-0.2, 0) is 4.79 Å². The highest BCUT2D eigenvalue weighted by atomic mass is 16.5. The Morgan fingerprint density at radius 1 is 0.631 bits per heavy atom. The molecule has 7 heteroatoms. The highest BCUT2D eigenvalue weighted by Gasteiger charge is 2.20. The SMILES string of the molecule is CC/C=C(C=O)\C=C/COc1cccc([C@@H]2C=CC(N(c3ccc(-c4cccc(Oc5ccc(C=O)cc5)c4)cc3)c3ccc(C4C=C(Oc5ccc(C=O)cc5)C=CC4)cc3)=CC2)c1. The molecular weight excluding hydrogens is 807 g/mol. The maximum Gasteiger partial charge on any atom is 0.150 e. The molecule has 0 saturated heterocycles. The summed E-state index contributed by atoms with van der Waals surface area (Å²) in [4.78, 5) is 35.8. The predicted molar refractivity (Wildman–Crippen MR) is 259 cm³/mol. The zero-order valence-corrected chi connectivity index (χ0v) is 36.2. The lowest BCUT2D eigenvalue weighted by Crippen LogP contribution is -2.17. The van der Waals surface area contributed by atoms with E-state index in [2.05, 4.69) is 102 Å². The smallest absolute Gasteiger partial charge is 0.150 e. The van der Waals surface area contributed by atoms with Crippen molar-refractivity contribution in [1.29, 1.82) is 0 Å². The maximum absolute atomic E-state index is 11.3. The molecule has 2 aliphatic carbocycles. The molecule has 0 aromatic heterocycles. The number of anilines is 2. The third-order valence-electron chi connectivity index (χ3n) is 11.3. The molecule has 0 fully saturated rings. The molecule has 0 heterocycles. The van der Waals surface area contributed by atoms with Crippen LogP contribution in [0.3, 0.4) is 0 Å². The van der Waals surface area contributed by atoms with Gasteiger partial charge in [0.25, 0.3) is 0 Å². The topological polar surface area (TPSA) is 82.1 Å². The lowest BCUT2D eigenvalue weighted by atomic mass is 9.90. The van der Waals surface area contributed by atoms with Gasteiger partial charge in [-0.2, -0.15) is 0 Å². The summed E-state index contributed by atoms with van der Waals surface area (Å²) in [6.07, 6.45) is 23.6. The molecule has 0 N–H and O–H groups in total. The van der Waals surface area contributed by atoms with Gasteiger partial charge in [0.2, 0.25) is 0 Å². The largest absolute Gasteiger partial charge is 0.490 e. The van der Waals surface area contributed by atoms with Gasteiger partial charge < -0.3 is 19.1 Å². The fraction of sp³-hybridized carbons (Fsp3) is 0.121. The fourth-order valence-corrected chi connectivity index (χ4v) is 7.89. The Morgan fingerprint density at radius 2 is 1.31 bits per heavy atom. The van der Waals surface area contributed by atoms with Crippen LogP contribution in [-0.4, -0.2) is 25.5 Å². The van der Waals surface area contributed by atoms with Crippen LogP contribution in [0.5, 0.6) is 23.0 Å². The summed E-state index contributed by atoms with van der Waals surface area (Å²) in [6, 6.07) is 47.7. The zero-order valence-electron chi connectivity index (χ0n) is 36.2. The summed E-state index contributed by atoms with van der Waals surface area (Å²) in [5, 5.41) is 0. The Kier molecular flexibility index (Phi) is 14.3. The van der Waals surface area contributed by atoms with Crippen LogP contribution in [0.4, 0.5) is 11.4 Å². The van der Waals surface area contributed by atoms with E-state index in [1.165, 1.54) is 5.56 Å². The number of rotatable bonds is 18. The molecule has 2 aliphatic rings. The van der Waals surface area contributed by atoms with E-state index >= 15 is 0 Å². The molecule has 322 valence electrons. The lowest BCUT2D eigenvalue weighted by Gasteiger charge is -2.30. The molecular formula is C58H49NO6. The van der Waals surface area contributed by atoms with Crippen molar-refractivity contribution in [2.75, 3.05) is 11.5 Å². The molecule has 6 aromatic rings. The van der Waals surface area contributed by atoms with Crippen LogP contribution in [0.15, 0.2) is 217 Å². The second-order valence-corrected chi connectivity index (χ2v) is 15.7. The number of ether oxygens (including phenoxy) is 3. The summed E-state index contributed by atoms with van der Waals surface area (Å²) in [6.45, 7) is 2.37. The van der Waals surface area contributed by atoms with Crippen molar-refractivity contribution in [3.05, 3.63) is 240 Å². The van der Waals surface area contributed by atoms with Gasteiger partial charge in [0.05, 0.1) is 0 Å². The third-order valence-corrected chi connectivity index (χ3v) is 11.3. The predicted octanol–water partition coefficient (Wildman–Crippen LogP) is 14.0. The highest BCUT2D eigenvalue weighted by Crippen LogP contribution is 2.39. The Hall–Kier alpha value is -8.03. The van der Waals surface area contributed by atoms with E-state index in [0.717, 1.165) is 83.4 Å². The van der Waals surface area contributed by atoms with Crippen molar-refractivity contribution in [2.24, 2.45) is 0 Å². The van der Waals surface area contributed by atoms with Gasteiger partial charge in [-0.3, -0.25) is 14.4 Å².